The minimum Gasteiger partial charge on any atom is -0.0613 e. The number of halogens is 1. The molecule has 0 aliphatic rings. The summed E-state index contributed by atoms with van der Waals surface area (Å²) in [6.07, 6.45) is 0. The standard InChI is InChI=1S/C14H15Br/c1-14(2,3)12-8-4-7-11-10(12)6-5-9-13(11)15/h4-9H,1-3H3. The molecule has 0 aliphatic carbocycles. The first kappa shape index (κ1) is 10.7. The average Bonchev–Trinajstić information content (AvgIpc) is 2.16. The third-order valence-corrected chi connectivity index (χ3v) is 3.37. The van der Waals surface area contributed by atoms with Gasteiger partial charge in [-0.3, -0.25) is 0 Å². The van der Waals surface area contributed by atoms with Crippen LogP contribution in [0, 0.1) is 0 Å². The van der Waals surface area contributed by atoms with E-state index in [0.717, 1.165) is 0 Å². The maximum atomic E-state index is 3.60. The Hall–Kier alpha value is -0.820. The summed E-state index contributed by atoms with van der Waals surface area (Å²) in [6.45, 7) is 6.76. The Morgan fingerprint density at radius 1 is 0.867 bits per heavy atom. The van der Waals surface area contributed by atoms with Gasteiger partial charge >= 0.3 is 0 Å². The van der Waals surface area contributed by atoms with E-state index < -0.39 is 0 Å². The number of hydrogen-bond acceptors (Lipinski definition) is 0. The third-order valence-electron chi connectivity index (χ3n) is 2.68. The molecule has 0 unspecified atom stereocenters. The summed E-state index contributed by atoms with van der Waals surface area (Å²) in [4.78, 5) is 0. The quantitative estimate of drug-likeness (QED) is 0.634. The lowest BCUT2D eigenvalue weighted by Gasteiger charge is -2.21. The van der Waals surface area contributed by atoms with E-state index in [-0.39, 0.29) is 5.41 Å². The number of fused-ring (bicyclic) bond motifs is 1. The molecule has 2 aromatic carbocycles. The number of hydrogen-bond donors (Lipinski definition) is 0. The van der Waals surface area contributed by atoms with Crippen LogP contribution in [0.2, 0.25) is 0 Å². The minimum atomic E-state index is 0.195. The Morgan fingerprint density at radius 3 is 2.13 bits per heavy atom. The fourth-order valence-corrected chi connectivity index (χ4v) is 2.42. The largest absolute Gasteiger partial charge is 0.0613 e. The highest BCUT2D eigenvalue weighted by molar-refractivity contribution is 9.10. The van der Waals surface area contributed by atoms with Gasteiger partial charge in [-0.25, -0.2) is 0 Å². The van der Waals surface area contributed by atoms with E-state index in [0.29, 0.717) is 0 Å². The van der Waals surface area contributed by atoms with E-state index in [4.69, 9.17) is 0 Å². The van der Waals surface area contributed by atoms with Crippen LogP contribution in [-0.2, 0) is 5.41 Å². The molecule has 78 valence electrons. The van der Waals surface area contributed by atoms with Gasteiger partial charge in [0.2, 0.25) is 0 Å². The van der Waals surface area contributed by atoms with Crippen LogP contribution in [0.3, 0.4) is 0 Å². The molecule has 1 heteroatoms. The molecular weight excluding hydrogens is 248 g/mol. The molecule has 0 N–H and O–H groups in total. The van der Waals surface area contributed by atoms with Crippen molar-refractivity contribution in [2.75, 3.05) is 0 Å². The van der Waals surface area contributed by atoms with Crippen molar-refractivity contribution in [2.45, 2.75) is 26.2 Å². The highest BCUT2D eigenvalue weighted by atomic mass is 79.9. The van der Waals surface area contributed by atoms with E-state index in [9.17, 15) is 0 Å². The highest BCUT2D eigenvalue weighted by Gasteiger charge is 2.16. The van der Waals surface area contributed by atoms with Crippen LogP contribution in [0.25, 0.3) is 10.8 Å². The molecule has 2 rings (SSSR count). The maximum absolute atomic E-state index is 3.60. The first-order valence-corrected chi connectivity index (χ1v) is 5.97. The molecule has 0 atom stereocenters. The minimum absolute atomic E-state index is 0.195. The molecular formula is C14H15Br. The molecule has 0 saturated heterocycles. The highest BCUT2D eigenvalue weighted by Crippen LogP contribution is 2.32. The van der Waals surface area contributed by atoms with Gasteiger partial charge in [0.25, 0.3) is 0 Å². The Kier molecular flexibility index (Phi) is 2.59. The predicted molar refractivity (Wildman–Crippen MR) is 70.3 cm³/mol. The van der Waals surface area contributed by atoms with Gasteiger partial charge in [-0.05, 0) is 27.8 Å². The van der Waals surface area contributed by atoms with Gasteiger partial charge in [0.05, 0.1) is 0 Å². The second-order valence-corrected chi connectivity index (χ2v) is 5.74. The smallest absolute Gasteiger partial charge is 0.0253 e. The molecule has 0 spiro atoms. The van der Waals surface area contributed by atoms with Gasteiger partial charge < -0.3 is 0 Å². The molecule has 0 saturated carbocycles. The Balaban J connectivity index is 2.83. The zero-order valence-corrected chi connectivity index (χ0v) is 10.9. The van der Waals surface area contributed by atoms with Crippen LogP contribution in [0.5, 0.6) is 0 Å². The molecule has 0 aromatic heterocycles. The van der Waals surface area contributed by atoms with E-state index in [1.54, 1.807) is 0 Å². The van der Waals surface area contributed by atoms with E-state index in [1.165, 1.54) is 20.8 Å². The summed E-state index contributed by atoms with van der Waals surface area (Å²) in [5.74, 6) is 0. The summed E-state index contributed by atoms with van der Waals surface area (Å²) in [6, 6.07) is 12.9. The van der Waals surface area contributed by atoms with Gasteiger partial charge in [-0.2, -0.15) is 0 Å². The van der Waals surface area contributed by atoms with Gasteiger partial charge in [-0.1, -0.05) is 67.0 Å². The summed E-state index contributed by atoms with van der Waals surface area (Å²) in [5.41, 5.74) is 1.60. The number of benzene rings is 2. The van der Waals surface area contributed by atoms with E-state index in [1.807, 2.05) is 0 Å². The van der Waals surface area contributed by atoms with Crippen molar-refractivity contribution in [3.63, 3.8) is 0 Å². The van der Waals surface area contributed by atoms with Gasteiger partial charge in [0.1, 0.15) is 0 Å². The van der Waals surface area contributed by atoms with Crippen molar-refractivity contribution in [2.24, 2.45) is 0 Å². The van der Waals surface area contributed by atoms with Gasteiger partial charge in [-0.15, -0.1) is 0 Å². The van der Waals surface area contributed by atoms with Crippen LogP contribution >= 0.6 is 15.9 Å². The Bertz CT molecular complexity index is 492. The summed E-state index contributed by atoms with van der Waals surface area (Å²) >= 11 is 3.60. The summed E-state index contributed by atoms with van der Waals surface area (Å²) < 4.78 is 1.17. The lowest BCUT2D eigenvalue weighted by Crippen LogP contribution is -2.11. The van der Waals surface area contributed by atoms with Gasteiger partial charge in [0, 0.05) is 4.47 Å². The van der Waals surface area contributed by atoms with Crippen LogP contribution in [0.1, 0.15) is 26.3 Å². The SMILES string of the molecule is CC(C)(C)c1cccc2c(Br)cccc12. The van der Waals surface area contributed by atoms with Gasteiger partial charge in [0.15, 0.2) is 0 Å². The molecule has 0 radical (unpaired) electrons. The molecule has 2 aromatic rings. The molecule has 0 heterocycles. The summed E-state index contributed by atoms with van der Waals surface area (Å²) in [5, 5.41) is 2.64. The molecule has 0 bridgehead atoms. The van der Waals surface area contributed by atoms with Crippen molar-refractivity contribution in [3.8, 4) is 0 Å². The molecule has 15 heavy (non-hydrogen) atoms. The Labute approximate surface area is 99.4 Å². The van der Waals surface area contributed by atoms with Crippen molar-refractivity contribution in [1.82, 2.24) is 0 Å². The van der Waals surface area contributed by atoms with Crippen molar-refractivity contribution in [1.29, 1.82) is 0 Å². The van der Waals surface area contributed by atoms with Crippen molar-refractivity contribution in [3.05, 3.63) is 46.4 Å². The molecule has 0 nitrogen and oxygen atoms in total. The fraction of sp³-hybridized carbons (Fsp3) is 0.286. The average molecular weight is 263 g/mol. The second-order valence-electron chi connectivity index (χ2n) is 4.89. The Morgan fingerprint density at radius 2 is 1.47 bits per heavy atom. The molecule has 0 fully saturated rings. The predicted octanol–water partition coefficient (Wildman–Crippen LogP) is 4.90. The lowest BCUT2D eigenvalue weighted by atomic mass is 9.84. The molecule has 0 amide bonds. The third kappa shape index (κ3) is 1.93. The molecule has 0 aliphatic heterocycles. The maximum Gasteiger partial charge on any atom is 0.0253 e. The zero-order valence-electron chi connectivity index (χ0n) is 9.34. The van der Waals surface area contributed by atoms with E-state index in [2.05, 4.69) is 73.1 Å². The topological polar surface area (TPSA) is 0 Å². The van der Waals surface area contributed by atoms with Crippen LogP contribution in [-0.4, -0.2) is 0 Å². The zero-order chi connectivity index (χ0) is 11.1. The summed E-state index contributed by atoms with van der Waals surface area (Å²) in [7, 11) is 0. The second kappa shape index (κ2) is 3.64. The monoisotopic (exact) mass is 262 g/mol. The van der Waals surface area contributed by atoms with Crippen molar-refractivity contribution < 1.29 is 0 Å². The first-order valence-electron chi connectivity index (χ1n) is 5.18. The number of rotatable bonds is 0. The fourth-order valence-electron chi connectivity index (χ4n) is 1.93. The van der Waals surface area contributed by atoms with Crippen LogP contribution in [0.15, 0.2) is 40.9 Å². The van der Waals surface area contributed by atoms with Crippen LogP contribution in [0.4, 0.5) is 0 Å². The first-order chi connectivity index (χ1) is 7.00. The van der Waals surface area contributed by atoms with Crippen molar-refractivity contribution >= 4 is 26.7 Å². The van der Waals surface area contributed by atoms with E-state index >= 15 is 0 Å². The normalized spacial score (nSPS) is 12.0. The lowest BCUT2D eigenvalue weighted by molar-refractivity contribution is 0.596. The van der Waals surface area contributed by atoms with Crippen LogP contribution < -0.4 is 0 Å².